The predicted molar refractivity (Wildman–Crippen MR) is 94.8 cm³/mol. The molecule has 3 rings (SSSR count). The van der Waals surface area contributed by atoms with Gasteiger partial charge in [-0.3, -0.25) is 0 Å². The fraction of sp³-hybridized carbons (Fsp3) is 0.316. The van der Waals surface area contributed by atoms with Gasteiger partial charge in [0.15, 0.2) is 0 Å². The minimum absolute atomic E-state index is 0.403. The molecule has 0 fully saturated rings. The normalized spacial score (nSPS) is 11.3. The lowest BCUT2D eigenvalue weighted by atomic mass is 10.2. The van der Waals surface area contributed by atoms with Crippen molar-refractivity contribution < 1.29 is 4.74 Å². The van der Waals surface area contributed by atoms with Crippen LogP contribution in [0.25, 0.3) is 11.0 Å². The second-order valence-corrected chi connectivity index (χ2v) is 6.04. The van der Waals surface area contributed by atoms with Crippen molar-refractivity contribution in [3.8, 4) is 5.75 Å². The van der Waals surface area contributed by atoms with Gasteiger partial charge in [-0.2, -0.15) is 0 Å². The summed E-state index contributed by atoms with van der Waals surface area (Å²) >= 11 is 0. The van der Waals surface area contributed by atoms with Gasteiger partial charge < -0.3 is 15.0 Å². The topological polar surface area (TPSA) is 53.1 Å². The highest BCUT2D eigenvalue weighted by atomic mass is 16.5. The van der Waals surface area contributed by atoms with Crippen LogP contribution in [0.2, 0.25) is 0 Å². The molecule has 4 heteroatoms. The van der Waals surface area contributed by atoms with Crippen molar-refractivity contribution in [1.82, 2.24) is 9.55 Å². The van der Waals surface area contributed by atoms with E-state index in [1.807, 2.05) is 30.3 Å². The number of nitrogens with two attached hydrogens (primary N) is 1. The summed E-state index contributed by atoms with van der Waals surface area (Å²) in [5, 5.41) is 0. The average molecular weight is 309 g/mol. The van der Waals surface area contributed by atoms with Crippen LogP contribution in [-0.4, -0.2) is 16.2 Å². The van der Waals surface area contributed by atoms with Gasteiger partial charge in [-0.25, -0.2) is 4.98 Å². The number of nitrogens with zero attached hydrogens (tertiary/aromatic N) is 2. The van der Waals surface area contributed by atoms with E-state index in [-0.39, 0.29) is 0 Å². The Morgan fingerprint density at radius 1 is 1.09 bits per heavy atom. The molecule has 0 amide bonds. The molecule has 2 aromatic carbocycles. The Morgan fingerprint density at radius 3 is 2.57 bits per heavy atom. The number of ether oxygens (including phenoxy) is 1. The first-order chi connectivity index (χ1) is 11.1. The standard InChI is InChI=1S/C19H23N3O/c1-14(2)19-21-17-6-3-4-7-18(17)22(19)12-5-13-23-16-10-8-15(20)9-11-16/h3-4,6-11,14H,5,12-13,20H2,1-2H3. The molecule has 0 aliphatic rings. The Hall–Kier alpha value is -2.49. The molecule has 2 N–H and O–H groups in total. The Labute approximate surface area is 136 Å². The molecule has 0 spiro atoms. The van der Waals surface area contributed by atoms with Crippen molar-refractivity contribution in [2.24, 2.45) is 0 Å². The van der Waals surface area contributed by atoms with Crippen LogP contribution in [0, 0.1) is 0 Å². The molecular weight excluding hydrogens is 286 g/mol. The zero-order valence-electron chi connectivity index (χ0n) is 13.7. The predicted octanol–water partition coefficient (Wildman–Crippen LogP) is 4.21. The van der Waals surface area contributed by atoms with Crippen LogP contribution in [0.5, 0.6) is 5.75 Å². The molecule has 1 aromatic heterocycles. The smallest absolute Gasteiger partial charge is 0.119 e. The maximum absolute atomic E-state index is 5.78. The van der Waals surface area contributed by atoms with Crippen LogP contribution in [-0.2, 0) is 6.54 Å². The number of fused-ring (bicyclic) bond motifs is 1. The first-order valence-corrected chi connectivity index (χ1v) is 8.08. The molecule has 4 nitrogen and oxygen atoms in total. The van der Waals surface area contributed by atoms with Gasteiger partial charge in [0.1, 0.15) is 11.6 Å². The molecular formula is C19H23N3O. The first kappa shape index (κ1) is 15.4. The molecule has 0 radical (unpaired) electrons. The van der Waals surface area contributed by atoms with Gasteiger partial charge in [0, 0.05) is 18.2 Å². The van der Waals surface area contributed by atoms with E-state index in [2.05, 4.69) is 36.6 Å². The van der Waals surface area contributed by atoms with Crippen molar-refractivity contribution in [3.05, 3.63) is 54.4 Å². The first-order valence-electron chi connectivity index (χ1n) is 8.08. The number of hydrogen-bond acceptors (Lipinski definition) is 3. The van der Waals surface area contributed by atoms with Gasteiger partial charge in [0.25, 0.3) is 0 Å². The van der Waals surface area contributed by atoms with Crippen molar-refractivity contribution in [2.45, 2.75) is 32.7 Å². The van der Waals surface area contributed by atoms with Crippen molar-refractivity contribution in [1.29, 1.82) is 0 Å². The largest absolute Gasteiger partial charge is 0.494 e. The number of hydrogen-bond donors (Lipinski definition) is 1. The Kier molecular flexibility index (Phi) is 4.51. The number of benzene rings is 2. The lowest BCUT2D eigenvalue weighted by Crippen LogP contribution is -2.09. The maximum atomic E-state index is 5.78. The number of aromatic nitrogens is 2. The van der Waals surface area contributed by atoms with Gasteiger partial charge in [-0.05, 0) is 42.8 Å². The second kappa shape index (κ2) is 6.73. The summed E-state index contributed by atoms with van der Waals surface area (Å²) in [5.74, 6) is 2.40. The number of nitrogen functional groups attached to an aromatic ring is 1. The molecule has 1 heterocycles. The van der Waals surface area contributed by atoms with Crippen LogP contribution in [0.4, 0.5) is 5.69 Å². The maximum Gasteiger partial charge on any atom is 0.119 e. The minimum atomic E-state index is 0.403. The number of imidazole rings is 1. The minimum Gasteiger partial charge on any atom is -0.494 e. The van der Waals surface area contributed by atoms with E-state index >= 15 is 0 Å². The highest BCUT2D eigenvalue weighted by Gasteiger charge is 2.12. The van der Waals surface area contributed by atoms with Gasteiger partial charge in [-0.1, -0.05) is 26.0 Å². The summed E-state index contributed by atoms with van der Waals surface area (Å²) in [6.45, 7) is 5.95. The summed E-state index contributed by atoms with van der Waals surface area (Å²) in [4.78, 5) is 4.77. The van der Waals surface area contributed by atoms with Gasteiger partial charge in [0.2, 0.25) is 0 Å². The Balaban J connectivity index is 1.66. The fourth-order valence-corrected chi connectivity index (χ4v) is 2.75. The van der Waals surface area contributed by atoms with Crippen LogP contribution in [0.1, 0.15) is 32.0 Å². The SMILES string of the molecule is CC(C)c1nc2ccccc2n1CCCOc1ccc(N)cc1. The molecule has 0 aliphatic carbocycles. The number of rotatable bonds is 6. The third kappa shape index (κ3) is 3.47. The van der Waals surface area contributed by atoms with Gasteiger partial charge >= 0.3 is 0 Å². The number of anilines is 1. The summed E-state index contributed by atoms with van der Waals surface area (Å²) < 4.78 is 8.09. The summed E-state index contributed by atoms with van der Waals surface area (Å²) in [5.41, 5.74) is 8.69. The number of aryl methyl sites for hydroxylation is 1. The van der Waals surface area contributed by atoms with Gasteiger partial charge in [0.05, 0.1) is 17.6 Å². The quantitative estimate of drug-likeness (QED) is 0.548. The monoisotopic (exact) mass is 309 g/mol. The van der Waals surface area contributed by atoms with E-state index in [9.17, 15) is 0 Å². The lowest BCUT2D eigenvalue weighted by molar-refractivity contribution is 0.301. The summed E-state index contributed by atoms with van der Waals surface area (Å²) in [6, 6.07) is 15.8. The Bertz CT molecular complexity index is 775. The molecule has 0 atom stereocenters. The molecule has 0 saturated heterocycles. The summed E-state index contributed by atoms with van der Waals surface area (Å²) in [7, 11) is 0. The Morgan fingerprint density at radius 2 is 1.83 bits per heavy atom. The second-order valence-electron chi connectivity index (χ2n) is 6.04. The van der Waals surface area contributed by atoms with Crippen molar-refractivity contribution in [2.75, 3.05) is 12.3 Å². The van der Waals surface area contributed by atoms with Crippen LogP contribution in [0.3, 0.4) is 0 Å². The molecule has 3 aromatic rings. The fourth-order valence-electron chi connectivity index (χ4n) is 2.75. The van der Waals surface area contributed by atoms with E-state index < -0.39 is 0 Å². The zero-order valence-corrected chi connectivity index (χ0v) is 13.7. The zero-order chi connectivity index (χ0) is 16.2. The highest BCUT2D eigenvalue weighted by molar-refractivity contribution is 5.76. The molecule has 23 heavy (non-hydrogen) atoms. The van der Waals surface area contributed by atoms with Crippen LogP contribution >= 0.6 is 0 Å². The van der Waals surface area contributed by atoms with E-state index in [4.69, 9.17) is 15.5 Å². The van der Waals surface area contributed by atoms with E-state index in [1.54, 1.807) is 0 Å². The van der Waals surface area contributed by atoms with Crippen molar-refractivity contribution in [3.63, 3.8) is 0 Å². The highest BCUT2D eigenvalue weighted by Crippen LogP contribution is 2.22. The average Bonchev–Trinajstić information content (AvgIpc) is 2.92. The van der Waals surface area contributed by atoms with E-state index in [0.717, 1.165) is 35.7 Å². The van der Waals surface area contributed by atoms with Crippen LogP contribution in [0.15, 0.2) is 48.5 Å². The number of para-hydroxylation sites is 2. The third-order valence-electron chi connectivity index (χ3n) is 3.88. The van der Waals surface area contributed by atoms with Gasteiger partial charge in [-0.15, -0.1) is 0 Å². The molecule has 0 unspecified atom stereocenters. The molecule has 0 bridgehead atoms. The third-order valence-corrected chi connectivity index (χ3v) is 3.88. The van der Waals surface area contributed by atoms with E-state index in [1.165, 1.54) is 5.52 Å². The van der Waals surface area contributed by atoms with Crippen molar-refractivity contribution >= 4 is 16.7 Å². The molecule has 0 saturated carbocycles. The van der Waals surface area contributed by atoms with E-state index in [0.29, 0.717) is 12.5 Å². The van der Waals surface area contributed by atoms with Crippen LogP contribution < -0.4 is 10.5 Å². The molecule has 0 aliphatic heterocycles. The lowest BCUT2D eigenvalue weighted by Gasteiger charge is -2.12. The molecule has 120 valence electrons. The summed E-state index contributed by atoms with van der Waals surface area (Å²) in [6.07, 6.45) is 0.935.